The molecule has 0 heterocycles. The molecule has 0 aromatic heterocycles. The summed E-state index contributed by atoms with van der Waals surface area (Å²) in [6.07, 6.45) is 0. The molecule has 0 spiro atoms. The Balaban J connectivity index is 2.32. The van der Waals surface area contributed by atoms with E-state index in [0.717, 1.165) is 11.8 Å². The second kappa shape index (κ2) is 7.88. The lowest BCUT2D eigenvalue weighted by atomic mass is 9.84. The zero-order chi connectivity index (χ0) is 19.4. The Kier molecular flexibility index (Phi) is 5.56. The maximum Gasteiger partial charge on any atom is 0.280 e. The van der Waals surface area contributed by atoms with Crippen LogP contribution in [0.15, 0.2) is 72.8 Å². The van der Waals surface area contributed by atoms with E-state index in [9.17, 15) is 18.0 Å². The van der Waals surface area contributed by atoms with Crippen molar-refractivity contribution in [3.05, 3.63) is 107 Å². The van der Waals surface area contributed by atoms with Crippen LogP contribution in [0.4, 0.5) is 18.0 Å². The number of carbonyl (C=O) groups is 1. The van der Waals surface area contributed by atoms with E-state index in [-0.39, 0.29) is 5.24 Å². The molecule has 0 unspecified atom stereocenters. The Hall–Kier alpha value is -2.73. The molecule has 3 rings (SSSR count). The van der Waals surface area contributed by atoms with Crippen molar-refractivity contribution in [1.82, 2.24) is 5.32 Å². The molecule has 0 aliphatic rings. The number of carbonyl (C=O) groups excluding carboxylic acids is 1. The normalized spacial score (nSPS) is 11.3. The van der Waals surface area contributed by atoms with Crippen molar-refractivity contribution in [2.24, 2.45) is 0 Å². The molecule has 6 heteroatoms. The van der Waals surface area contributed by atoms with Gasteiger partial charge in [-0.15, -0.1) is 0 Å². The number of halogens is 3. The molecule has 1 N–H and O–H groups in total. The van der Waals surface area contributed by atoms with Crippen LogP contribution < -0.4 is 5.32 Å². The van der Waals surface area contributed by atoms with E-state index < -0.39 is 22.2 Å². The highest BCUT2D eigenvalue weighted by Gasteiger charge is 2.39. The van der Waals surface area contributed by atoms with Gasteiger partial charge in [0.15, 0.2) is 0 Å². The highest BCUT2D eigenvalue weighted by Crippen LogP contribution is 2.48. The topological polar surface area (TPSA) is 29.1 Å². The standard InChI is InChI=1S/C21H16F3NOS/c1-25-20(26)27-21(14-2-8-17(22)9-3-14,15-4-10-18(23)11-5-15)16-6-12-19(24)13-7-16/h2-13H,1H3,(H,25,26). The monoisotopic (exact) mass is 387 g/mol. The predicted octanol–water partition coefficient (Wildman–Crippen LogP) is 5.47. The molecule has 0 radical (unpaired) electrons. The van der Waals surface area contributed by atoms with Crippen LogP contribution >= 0.6 is 11.8 Å². The molecule has 0 saturated heterocycles. The number of hydrogen-bond acceptors (Lipinski definition) is 2. The average Bonchev–Trinajstić information content (AvgIpc) is 2.68. The van der Waals surface area contributed by atoms with Gasteiger partial charge in [0.25, 0.3) is 5.24 Å². The molecule has 0 atom stereocenters. The van der Waals surface area contributed by atoms with Crippen LogP contribution in [0.5, 0.6) is 0 Å². The number of hydrogen-bond donors (Lipinski definition) is 1. The number of benzene rings is 3. The SMILES string of the molecule is CNC(=O)SC(c1ccc(F)cc1)(c1ccc(F)cc1)c1ccc(F)cc1. The number of nitrogens with one attached hydrogen (secondary N) is 1. The van der Waals surface area contributed by atoms with E-state index in [0.29, 0.717) is 16.7 Å². The van der Waals surface area contributed by atoms with Crippen LogP contribution in [0.3, 0.4) is 0 Å². The van der Waals surface area contributed by atoms with Crippen molar-refractivity contribution >= 4 is 17.0 Å². The Morgan fingerprint density at radius 2 is 1.00 bits per heavy atom. The van der Waals surface area contributed by atoms with Crippen LogP contribution in [0.2, 0.25) is 0 Å². The number of rotatable bonds is 4. The Labute approximate surface area is 159 Å². The fourth-order valence-corrected chi connectivity index (χ4v) is 4.06. The third-order valence-corrected chi connectivity index (χ3v) is 5.60. The van der Waals surface area contributed by atoms with Crippen molar-refractivity contribution < 1.29 is 18.0 Å². The first-order valence-electron chi connectivity index (χ1n) is 8.14. The summed E-state index contributed by atoms with van der Waals surface area (Å²) >= 11 is 0.952. The van der Waals surface area contributed by atoms with Gasteiger partial charge in [0.05, 0.1) is 0 Å². The van der Waals surface area contributed by atoms with Crippen LogP contribution in [-0.2, 0) is 4.75 Å². The summed E-state index contributed by atoms with van der Waals surface area (Å²) in [7, 11) is 1.50. The van der Waals surface area contributed by atoms with E-state index in [2.05, 4.69) is 5.32 Å². The predicted molar refractivity (Wildman–Crippen MR) is 101 cm³/mol. The van der Waals surface area contributed by atoms with Crippen LogP contribution in [0.1, 0.15) is 16.7 Å². The average molecular weight is 387 g/mol. The lowest BCUT2D eigenvalue weighted by molar-refractivity contribution is 0.262. The summed E-state index contributed by atoms with van der Waals surface area (Å²) in [5.74, 6) is -1.26. The summed E-state index contributed by atoms with van der Waals surface area (Å²) < 4.78 is 39.5. The molecule has 0 saturated carbocycles. The summed E-state index contributed by atoms with van der Waals surface area (Å²) in [6, 6.07) is 17.2. The highest BCUT2D eigenvalue weighted by molar-refractivity contribution is 8.14. The van der Waals surface area contributed by atoms with Crippen LogP contribution in [-0.4, -0.2) is 12.3 Å². The Bertz CT molecular complexity index is 814. The molecule has 1 amide bonds. The smallest absolute Gasteiger partial charge is 0.280 e. The minimum absolute atomic E-state index is 0.340. The fourth-order valence-electron chi connectivity index (χ4n) is 2.92. The molecule has 2 nitrogen and oxygen atoms in total. The summed E-state index contributed by atoms with van der Waals surface area (Å²) in [5, 5.41) is 2.23. The van der Waals surface area contributed by atoms with Crippen LogP contribution in [0, 0.1) is 17.5 Å². The minimum atomic E-state index is -1.12. The summed E-state index contributed by atoms with van der Waals surface area (Å²) in [5.41, 5.74) is 1.82. The zero-order valence-electron chi connectivity index (χ0n) is 14.4. The van der Waals surface area contributed by atoms with Crippen molar-refractivity contribution in [2.75, 3.05) is 7.05 Å². The van der Waals surface area contributed by atoms with Crippen LogP contribution in [0.25, 0.3) is 0 Å². The van der Waals surface area contributed by atoms with Gasteiger partial charge in [0, 0.05) is 7.05 Å². The maximum absolute atomic E-state index is 13.5. The second-order valence-corrected chi connectivity index (χ2v) is 7.03. The molecule has 27 heavy (non-hydrogen) atoms. The first-order valence-corrected chi connectivity index (χ1v) is 8.96. The Morgan fingerprint density at radius 1 is 0.704 bits per heavy atom. The first kappa shape index (κ1) is 19.0. The van der Waals surface area contributed by atoms with Gasteiger partial charge in [-0.1, -0.05) is 36.4 Å². The van der Waals surface area contributed by atoms with Gasteiger partial charge in [-0.2, -0.15) is 0 Å². The van der Waals surface area contributed by atoms with Crippen molar-refractivity contribution in [2.45, 2.75) is 4.75 Å². The number of thioether (sulfide) groups is 1. The molecule has 0 aliphatic carbocycles. The molecule has 3 aromatic carbocycles. The molecule has 0 fully saturated rings. The summed E-state index contributed by atoms with van der Waals surface area (Å²) in [6.45, 7) is 0. The molecular formula is C21H16F3NOS. The van der Waals surface area contributed by atoms with Gasteiger partial charge in [-0.3, -0.25) is 4.79 Å². The largest absolute Gasteiger partial charge is 0.350 e. The fraction of sp³-hybridized carbons (Fsp3) is 0.0952. The van der Waals surface area contributed by atoms with Gasteiger partial charge in [0.2, 0.25) is 0 Å². The first-order chi connectivity index (χ1) is 13.0. The van der Waals surface area contributed by atoms with E-state index in [1.807, 2.05) is 0 Å². The molecule has 138 valence electrons. The van der Waals surface area contributed by atoms with Gasteiger partial charge in [0.1, 0.15) is 22.2 Å². The van der Waals surface area contributed by atoms with E-state index in [1.165, 1.54) is 43.4 Å². The molecule has 0 aliphatic heterocycles. The molecule has 3 aromatic rings. The lowest BCUT2D eigenvalue weighted by Gasteiger charge is -2.34. The zero-order valence-corrected chi connectivity index (χ0v) is 15.2. The van der Waals surface area contributed by atoms with E-state index in [4.69, 9.17) is 0 Å². The van der Waals surface area contributed by atoms with Gasteiger partial charge >= 0.3 is 0 Å². The molecular weight excluding hydrogens is 371 g/mol. The number of amides is 1. The lowest BCUT2D eigenvalue weighted by Crippen LogP contribution is -2.30. The summed E-state index contributed by atoms with van der Waals surface area (Å²) in [4.78, 5) is 12.4. The second-order valence-electron chi connectivity index (χ2n) is 5.84. The van der Waals surface area contributed by atoms with Gasteiger partial charge in [-0.25, -0.2) is 13.2 Å². The third kappa shape index (κ3) is 3.85. The third-order valence-electron chi connectivity index (χ3n) is 4.20. The minimum Gasteiger partial charge on any atom is -0.350 e. The van der Waals surface area contributed by atoms with Crippen molar-refractivity contribution in [3.8, 4) is 0 Å². The van der Waals surface area contributed by atoms with Gasteiger partial charge < -0.3 is 5.32 Å². The van der Waals surface area contributed by atoms with E-state index >= 15 is 0 Å². The van der Waals surface area contributed by atoms with Crippen molar-refractivity contribution in [1.29, 1.82) is 0 Å². The quantitative estimate of drug-likeness (QED) is 0.602. The van der Waals surface area contributed by atoms with E-state index in [1.54, 1.807) is 36.4 Å². The van der Waals surface area contributed by atoms with Gasteiger partial charge in [-0.05, 0) is 64.9 Å². The highest BCUT2D eigenvalue weighted by atomic mass is 32.2. The molecule has 0 bridgehead atoms. The van der Waals surface area contributed by atoms with Crippen molar-refractivity contribution in [3.63, 3.8) is 0 Å². The Morgan fingerprint density at radius 3 is 1.26 bits per heavy atom. The maximum atomic E-state index is 13.5.